The first-order valence-corrected chi connectivity index (χ1v) is 6.79. The largest absolute Gasteiger partial charge is 0.392 e. The fourth-order valence-corrected chi connectivity index (χ4v) is 2.18. The summed E-state index contributed by atoms with van der Waals surface area (Å²) in [6, 6.07) is 1.51. The topological polar surface area (TPSA) is 117 Å². The number of carbonyl (C=O) groups is 1. The summed E-state index contributed by atoms with van der Waals surface area (Å²) in [5.41, 5.74) is 6.33. The first kappa shape index (κ1) is 15.9. The first-order valence-electron chi connectivity index (χ1n) is 5.80. The van der Waals surface area contributed by atoms with E-state index in [-0.39, 0.29) is 24.0 Å². The molecular formula is C12H18N2O4S. The molecule has 2 atom stereocenters. The Morgan fingerprint density at radius 1 is 1.53 bits per heavy atom. The molecule has 6 nitrogen and oxygen atoms in total. The molecule has 1 rings (SSSR count). The lowest BCUT2D eigenvalue weighted by Gasteiger charge is -2.18. The SMILES string of the molecule is CC(=O)SCCC(O)C(O)c1cnc(N)c(CO)c1. The van der Waals surface area contributed by atoms with E-state index in [9.17, 15) is 15.0 Å². The summed E-state index contributed by atoms with van der Waals surface area (Å²) in [6.45, 7) is 1.17. The average Bonchev–Trinajstić information content (AvgIpc) is 2.38. The van der Waals surface area contributed by atoms with Crippen LogP contribution < -0.4 is 5.73 Å². The van der Waals surface area contributed by atoms with E-state index in [0.717, 1.165) is 11.8 Å². The molecule has 0 radical (unpaired) electrons. The van der Waals surface area contributed by atoms with Gasteiger partial charge in [0.15, 0.2) is 5.12 Å². The number of anilines is 1. The molecule has 2 unspecified atom stereocenters. The highest BCUT2D eigenvalue weighted by atomic mass is 32.2. The smallest absolute Gasteiger partial charge is 0.185 e. The van der Waals surface area contributed by atoms with E-state index < -0.39 is 12.2 Å². The molecular weight excluding hydrogens is 268 g/mol. The van der Waals surface area contributed by atoms with Crippen LogP contribution in [-0.4, -0.2) is 37.3 Å². The lowest BCUT2D eigenvalue weighted by atomic mass is 10.0. The van der Waals surface area contributed by atoms with Gasteiger partial charge >= 0.3 is 0 Å². The number of pyridine rings is 1. The Morgan fingerprint density at radius 2 is 2.21 bits per heavy atom. The van der Waals surface area contributed by atoms with Gasteiger partial charge in [-0.1, -0.05) is 11.8 Å². The van der Waals surface area contributed by atoms with E-state index in [1.807, 2.05) is 0 Å². The van der Waals surface area contributed by atoms with Gasteiger partial charge in [0.25, 0.3) is 0 Å². The van der Waals surface area contributed by atoms with Crippen molar-refractivity contribution in [1.29, 1.82) is 0 Å². The molecule has 0 aromatic carbocycles. The second kappa shape index (κ2) is 7.44. The Labute approximate surface area is 115 Å². The number of thioether (sulfide) groups is 1. The molecule has 0 bridgehead atoms. The minimum atomic E-state index is -1.12. The van der Waals surface area contributed by atoms with E-state index >= 15 is 0 Å². The summed E-state index contributed by atoms with van der Waals surface area (Å²) in [4.78, 5) is 14.6. The normalized spacial score (nSPS) is 14.1. The number of carbonyl (C=O) groups excluding carboxylic acids is 1. The Hall–Kier alpha value is -1.15. The molecule has 0 aliphatic rings. The lowest BCUT2D eigenvalue weighted by Crippen LogP contribution is -2.20. The second-order valence-corrected chi connectivity index (χ2v) is 5.38. The van der Waals surface area contributed by atoms with Crippen molar-refractivity contribution in [2.45, 2.75) is 32.2 Å². The maximum atomic E-state index is 10.8. The molecule has 1 aromatic rings. The van der Waals surface area contributed by atoms with Crippen molar-refractivity contribution in [3.8, 4) is 0 Å². The molecule has 0 aliphatic heterocycles. The summed E-state index contributed by atoms with van der Waals surface area (Å²) in [5.74, 6) is 0.628. The zero-order valence-electron chi connectivity index (χ0n) is 10.6. The Morgan fingerprint density at radius 3 is 2.79 bits per heavy atom. The van der Waals surface area contributed by atoms with Crippen LogP contribution in [0.15, 0.2) is 12.3 Å². The molecule has 0 fully saturated rings. The van der Waals surface area contributed by atoms with Gasteiger partial charge in [0.2, 0.25) is 0 Å². The molecule has 0 amide bonds. The van der Waals surface area contributed by atoms with Gasteiger partial charge in [-0.05, 0) is 12.5 Å². The molecule has 106 valence electrons. The van der Waals surface area contributed by atoms with Crippen LogP contribution in [0.5, 0.6) is 0 Å². The maximum absolute atomic E-state index is 10.8. The van der Waals surface area contributed by atoms with Crippen molar-refractivity contribution >= 4 is 22.7 Å². The Bertz CT molecular complexity index is 442. The van der Waals surface area contributed by atoms with Gasteiger partial charge in [-0.2, -0.15) is 0 Å². The lowest BCUT2D eigenvalue weighted by molar-refractivity contribution is -0.109. The van der Waals surface area contributed by atoms with Crippen LogP contribution in [0.2, 0.25) is 0 Å². The first-order chi connectivity index (χ1) is 8.95. The van der Waals surface area contributed by atoms with Crippen molar-refractivity contribution in [2.24, 2.45) is 0 Å². The third-order valence-electron chi connectivity index (χ3n) is 2.62. The number of aliphatic hydroxyl groups is 3. The zero-order valence-corrected chi connectivity index (χ0v) is 11.4. The summed E-state index contributed by atoms with van der Waals surface area (Å²) >= 11 is 1.10. The summed E-state index contributed by atoms with van der Waals surface area (Å²) in [7, 11) is 0. The van der Waals surface area contributed by atoms with E-state index in [1.54, 1.807) is 0 Å². The highest BCUT2D eigenvalue weighted by Gasteiger charge is 2.19. The van der Waals surface area contributed by atoms with Crippen molar-refractivity contribution in [3.05, 3.63) is 23.4 Å². The van der Waals surface area contributed by atoms with Gasteiger partial charge in [0, 0.05) is 30.0 Å². The van der Waals surface area contributed by atoms with Crippen LogP contribution in [0.25, 0.3) is 0 Å². The van der Waals surface area contributed by atoms with Crippen LogP contribution in [0.3, 0.4) is 0 Å². The van der Waals surface area contributed by atoms with Crippen LogP contribution >= 0.6 is 11.8 Å². The summed E-state index contributed by atoms with van der Waals surface area (Å²) in [5, 5.41) is 28.8. The average molecular weight is 286 g/mol. The molecule has 7 heteroatoms. The predicted octanol–water partition coefficient (Wildman–Crippen LogP) is 0.220. The molecule has 1 aromatic heterocycles. The monoisotopic (exact) mass is 286 g/mol. The molecule has 0 saturated carbocycles. The molecule has 5 N–H and O–H groups in total. The van der Waals surface area contributed by atoms with Gasteiger partial charge in [-0.15, -0.1) is 0 Å². The number of nitrogens with zero attached hydrogens (tertiary/aromatic N) is 1. The third kappa shape index (κ3) is 4.79. The fraction of sp³-hybridized carbons (Fsp3) is 0.500. The van der Waals surface area contributed by atoms with Crippen molar-refractivity contribution in [3.63, 3.8) is 0 Å². The van der Waals surface area contributed by atoms with Crippen LogP contribution in [-0.2, 0) is 11.4 Å². The third-order valence-corrected chi connectivity index (χ3v) is 3.46. The number of rotatable bonds is 6. The predicted molar refractivity (Wildman–Crippen MR) is 73.3 cm³/mol. The van der Waals surface area contributed by atoms with Crippen LogP contribution in [0, 0.1) is 0 Å². The number of aromatic nitrogens is 1. The maximum Gasteiger partial charge on any atom is 0.185 e. The minimum Gasteiger partial charge on any atom is -0.392 e. The Balaban J connectivity index is 2.65. The number of nitrogen functional groups attached to an aromatic ring is 1. The second-order valence-electron chi connectivity index (χ2n) is 4.11. The van der Waals surface area contributed by atoms with Gasteiger partial charge in [-0.25, -0.2) is 4.98 Å². The van der Waals surface area contributed by atoms with E-state index in [0.29, 0.717) is 16.9 Å². The quantitative estimate of drug-likeness (QED) is 0.591. The Kier molecular flexibility index (Phi) is 6.23. The van der Waals surface area contributed by atoms with Crippen LogP contribution in [0.1, 0.15) is 30.6 Å². The van der Waals surface area contributed by atoms with Crippen molar-refractivity contribution in [2.75, 3.05) is 11.5 Å². The molecule has 1 heterocycles. The molecule has 0 aliphatic carbocycles. The summed E-state index contributed by atoms with van der Waals surface area (Å²) in [6.07, 6.45) is -0.472. The highest BCUT2D eigenvalue weighted by Crippen LogP contribution is 2.22. The highest BCUT2D eigenvalue weighted by molar-refractivity contribution is 8.13. The number of nitrogens with two attached hydrogens (primary N) is 1. The van der Waals surface area contributed by atoms with Gasteiger partial charge in [0.05, 0.1) is 12.7 Å². The minimum absolute atomic E-state index is 0.0293. The van der Waals surface area contributed by atoms with Crippen molar-refractivity contribution < 1.29 is 20.1 Å². The number of aliphatic hydroxyl groups excluding tert-OH is 3. The molecule has 19 heavy (non-hydrogen) atoms. The van der Waals surface area contributed by atoms with Gasteiger partial charge < -0.3 is 21.1 Å². The van der Waals surface area contributed by atoms with E-state index in [1.165, 1.54) is 19.2 Å². The standard InChI is InChI=1S/C12H18N2O4S/c1-7(16)19-3-2-10(17)11(18)8-4-9(6-15)12(13)14-5-8/h4-5,10-11,15,17-18H,2-3,6H2,1H3,(H2,13,14). The zero-order chi connectivity index (χ0) is 14.4. The van der Waals surface area contributed by atoms with Gasteiger partial charge in [0.1, 0.15) is 11.9 Å². The van der Waals surface area contributed by atoms with Crippen LogP contribution in [0.4, 0.5) is 5.82 Å². The van der Waals surface area contributed by atoms with Crippen molar-refractivity contribution in [1.82, 2.24) is 4.98 Å². The number of hydrogen-bond acceptors (Lipinski definition) is 7. The van der Waals surface area contributed by atoms with E-state index in [2.05, 4.69) is 4.98 Å². The van der Waals surface area contributed by atoms with Gasteiger partial charge in [-0.3, -0.25) is 4.79 Å². The fourth-order valence-electron chi connectivity index (χ4n) is 1.53. The summed E-state index contributed by atoms with van der Waals surface area (Å²) < 4.78 is 0. The molecule has 0 spiro atoms. The molecule has 0 saturated heterocycles. The van der Waals surface area contributed by atoms with E-state index in [4.69, 9.17) is 10.8 Å². The number of hydrogen-bond donors (Lipinski definition) is 4.